The molecule has 132 valence electrons. The van der Waals surface area contributed by atoms with Crippen LogP contribution in [-0.4, -0.2) is 20.9 Å². The fourth-order valence-electron chi connectivity index (χ4n) is 2.79. The summed E-state index contributed by atoms with van der Waals surface area (Å²) in [5, 5.41) is 3.06. The van der Waals surface area contributed by atoms with E-state index in [0.29, 0.717) is 6.42 Å². The van der Waals surface area contributed by atoms with Crippen LogP contribution in [0.25, 0.3) is 11.1 Å². The summed E-state index contributed by atoms with van der Waals surface area (Å²) in [5.41, 5.74) is 4.13. The summed E-state index contributed by atoms with van der Waals surface area (Å²) in [5.74, 6) is 0.0639. The van der Waals surface area contributed by atoms with Gasteiger partial charge in [-0.2, -0.15) is 0 Å². The Bertz CT molecular complexity index is 820. The van der Waals surface area contributed by atoms with Gasteiger partial charge in [-0.3, -0.25) is 9.78 Å². The van der Waals surface area contributed by atoms with E-state index in [-0.39, 0.29) is 11.9 Å². The molecule has 0 aliphatic rings. The maximum Gasteiger partial charge on any atom is 0.220 e. The number of hydrogen-bond acceptors (Lipinski definition) is 4. The Kier molecular flexibility index (Phi) is 6.04. The molecule has 0 aliphatic heterocycles. The van der Waals surface area contributed by atoms with E-state index < -0.39 is 0 Å². The molecular weight excluding hydrogens is 324 g/mol. The van der Waals surface area contributed by atoms with Gasteiger partial charge in [-0.25, -0.2) is 9.97 Å². The molecule has 1 amide bonds. The molecule has 3 rings (SSSR count). The Morgan fingerprint density at radius 1 is 1.04 bits per heavy atom. The quantitative estimate of drug-likeness (QED) is 0.708. The Hall–Kier alpha value is -3.08. The van der Waals surface area contributed by atoms with Crippen LogP contribution in [0.5, 0.6) is 0 Å². The van der Waals surface area contributed by atoms with E-state index in [2.05, 4.69) is 20.3 Å². The molecule has 0 bridgehead atoms. The maximum absolute atomic E-state index is 12.2. The summed E-state index contributed by atoms with van der Waals surface area (Å²) in [6.45, 7) is 2.00. The topological polar surface area (TPSA) is 67.8 Å². The molecule has 5 heteroatoms. The lowest BCUT2D eigenvalue weighted by Gasteiger charge is -2.15. The summed E-state index contributed by atoms with van der Waals surface area (Å²) < 4.78 is 0. The number of aromatic nitrogens is 3. The van der Waals surface area contributed by atoms with E-state index in [1.54, 1.807) is 18.6 Å². The number of hydrogen-bond donors (Lipinski definition) is 1. The van der Waals surface area contributed by atoms with Gasteiger partial charge in [0.15, 0.2) is 0 Å². The van der Waals surface area contributed by atoms with Crippen molar-refractivity contribution < 1.29 is 4.79 Å². The van der Waals surface area contributed by atoms with E-state index in [1.165, 1.54) is 6.33 Å². The van der Waals surface area contributed by atoms with Crippen molar-refractivity contribution in [3.8, 4) is 11.1 Å². The Morgan fingerprint density at radius 3 is 2.50 bits per heavy atom. The molecule has 26 heavy (non-hydrogen) atoms. The number of aryl methyl sites for hydroxylation is 1. The number of pyridine rings is 1. The van der Waals surface area contributed by atoms with Gasteiger partial charge in [0.1, 0.15) is 6.33 Å². The molecule has 0 saturated carbocycles. The first-order valence-electron chi connectivity index (χ1n) is 8.77. The lowest BCUT2D eigenvalue weighted by atomic mass is 10.0. The van der Waals surface area contributed by atoms with Gasteiger partial charge in [-0.05, 0) is 43.0 Å². The molecule has 2 heterocycles. The highest BCUT2D eigenvalue weighted by Crippen LogP contribution is 2.20. The fourth-order valence-corrected chi connectivity index (χ4v) is 2.79. The van der Waals surface area contributed by atoms with Gasteiger partial charge < -0.3 is 5.32 Å². The van der Waals surface area contributed by atoms with E-state index in [1.807, 2.05) is 49.4 Å². The zero-order valence-electron chi connectivity index (χ0n) is 14.8. The molecule has 0 saturated heterocycles. The van der Waals surface area contributed by atoms with Crippen molar-refractivity contribution in [1.29, 1.82) is 0 Å². The van der Waals surface area contributed by atoms with Gasteiger partial charge in [0.25, 0.3) is 0 Å². The van der Waals surface area contributed by atoms with Crippen molar-refractivity contribution >= 4 is 5.91 Å². The summed E-state index contributed by atoms with van der Waals surface area (Å²) in [4.78, 5) is 24.5. The first-order valence-corrected chi connectivity index (χ1v) is 8.77. The highest BCUT2D eigenvalue weighted by atomic mass is 16.1. The summed E-state index contributed by atoms with van der Waals surface area (Å²) >= 11 is 0. The highest BCUT2D eigenvalue weighted by molar-refractivity contribution is 5.76. The smallest absolute Gasteiger partial charge is 0.220 e. The van der Waals surface area contributed by atoms with Crippen LogP contribution in [0.2, 0.25) is 0 Å². The van der Waals surface area contributed by atoms with E-state index in [9.17, 15) is 4.79 Å². The summed E-state index contributed by atoms with van der Waals surface area (Å²) in [6.07, 6.45) is 8.98. The normalized spacial score (nSPS) is 11.7. The van der Waals surface area contributed by atoms with Crippen LogP contribution >= 0.6 is 0 Å². The average molecular weight is 346 g/mol. The molecular formula is C21H22N4O. The van der Waals surface area contributed by atoms with Crippen LogP contribution in [0.4, 0.5) is 0 Å². The number of carbonyl (C=O) groups excluding carboxylic acids is 1. The number of benzene rings is 1. The lowest BCUT2D eigenvalue weighted by Crippen LogP contribution is -2.26. The second-order valence-electron chi connectivity index (χ2n) is 6.21. The predicted octanol–water partition coefficient (Wildman–Crippen LogP) is 3.74. The summed E-state index contributed by atoms with van der Waals surface area (Å²) in [7, 11) is 0. The van der Waals surface area contributed by atoms with Gasteiger partial charge in [-0.15, -0.1) is 0 Å². The van der Waals surface area contributed by atoms with Crippen LogP contribution in [0.1, 0.15) is 37.1 Å². The van der Waals surface area contributed by atoms with Gasteiger partial charge in [0.05, 0.1) is 6.04 Å². The van der Waals surface area contributed by atoms with Gasteiger partial charge in [0.2, 0.25) is 5.91 Å². The monoisotopic (exact) mass is 346 g/mol. The molecule has 2 aromatic heterocycles. The van der Waals surface area contributed by atoms with Crippen molar-refractivity contribution in [2.24, 2.45) is 0 Å². The first-order chi connectivity index (χ1) is 12.7. The van der Waals surface area contributed by atoms with Crippen molar-refractivity contribution in [2.75, 3.05) is 0 Å². The number of amides is 1. The van der Waals surface area contributed by atoms with Crippen LogP contribution in [0.15, 0.2) is 67.4 Å². The van der Waals surface area contributed by atoms with Crippen molar-refractivity contribution in [2.45, 2.75) is 32.2 Å². The van der Waals surface area contributed by atoms with Gasteiger partial charge >= 0.3 is 0 Å². The van der Waals surface area contributed by atoms with Crippen molar-refractivity contribution in [3.63, 3.8) is 0 Å². The minimum Gasteiger partial charge on any atom is -0.350 e. The number of nitrogens with one attached hydrogen (secondary N) is 1. The van der Waals surface area contributed by atoms with E-state index >= 15 is 0 Å². The zero-order chi connectivity index (χ0) is 18.2. The molecule has 5 nitrogen and oxygen atoms in total. The zero-order valence-corrected chi connectivity index (χ0v) is 14.8. The third-order valence-electron chi connectivity index (χ3n) is 4.24. The minimum absolute atomic E-state index is 0.0292. The van der Waals surface area contributed by atoms with Crippen LogP contribution in [0.3, 0.4) is 0 Å². The molecule has 1 atom stereocenters. The summed E-state index contributed by atoms with van der Waals surface area (Å²) in [6, 6.07) is 13.9. The largest absolute Gasteiger partial charge is 0.350 e. The third-order valence-corrected chi connectivity index (χ3v) is 4.24. The lowest BCUT2D eigenvalue weighted by molar-refractivity contribution is -0.121. The molecule has 0 spiro atoms. The molecule has 0 aliphatic carbocycles. The highest BCUT2D eigenvalue weighted by Gasteiger charge is 2.10. The number of rotatable bonds is 7. The molecule has 0 fully saturated rings. The predicted molar refractivity (Wildman–Crippen MR) is 101 cm³/mol. The third kappa shape index (κ3) is 4.96. The Balaban J connectivity index is 1.49. The number of nitrogens with zero attached hydrogens (tertiary/aromatic N) is 3. The molecule has 1 aromatic carbocycles. The minimum atomic E-state index is -0.0292. The van der Waals surface area contributed by atoms with Crippen molar-refractivity contribution in [3.05, 3.63) is 78.6 Å². The first kappa shape index (κ1) is 17.7. The standard InChI is InChI=1S/C21H22N4O/c1-16(25-21(26)7-4-6-20-5-2-3-12-24-20)17-8-10-18(11-9-17)19-13-22-15-23-14-19/h2-3,5,8-16H,4,6-7H2,1H3,(H,25,26)/t16-/m1/s1. The van der Waals surface area contributed by atoms with Gasteiger partial charge in [0, 0.05) is 36.3 Å². The van der Waals surface area contributed by atoms with Gasteiger partial charge in [-0.1, -0.05) is 30.3 Å². The van der Waals surface area contributed by atoms with Crippen LogP contribution in [0, 0.1) is 0 Å². The van der Waals surface area contributed by atoms with Crippen molar-refractivity contribution in [1.82, 2.24) is 20.3 Å². The fraction of sp³-hybridized carbons (Fsp3) is 0.238. The SMILES string of the molecule is C[C@@H](NC(=O)CCCc1ccccn1)c1ccc(-c2cncnc2)cc1. The Labute approximate surface area is 153 Å². The maximum atomic E-state index is 12.2. The van der Waals surface area contributed by atoms with Crippen LogP contribution < -0.4 is 5.32 Å². The van der Waals surface area contributed by atoms with E-state index in [0.717, 1.165) is 35.2 Å². The number of carbonyl (C=O) groups is 1. The van der Waals surface area contributed by atoms with E-state index in [4.69, 9.17) is 0 Å². The molecule has 1 N–H and O–H groups in total. The molecule has 0 unspecified atom stereocenters. The molecule has 3 aromatic rings. The van der Waals surface area contributed by atoms with Crippen LogP contribution in [-0.2, 0) is 11.2 Å². The average Bonchev–Trinajstić information content (AvgIpc) is 2.69. The second kappa shape index (κ2) is 8.85. The molecule has 0 radical (unpaired) electrons. The second-order valence-corrected chi connectivity index (χ2v) is 6.21. The Morgan fingerprint density at radius 2 is 1.81 bits per heavy atom.